The molecule has 2 fully saturated rings. The number of nitrogens with one attached hydrogen (secondary N) is 1. The van der Waals surface area contributed by atoms with Crippen LogP contribution in [-0.4, -0.2) is 88.8 Å². The number of hydrogen-bond acceptors (Lipinski definition) is 6. The van der Waals surface area contributed by atoms with Gasteiger partial charge in [-0.2, -0.15) is 0 Å². The zero-order valence-corrected chi connectivity index (χ0v) is 22.6. The predicted octanol–water partition coefficient (Wildman–Crippen LogP) is 4.05. The summed E-state index contributed by atoms with van der Waals surface area (Å²) >= 11 is 0. The molecule has 2 unspecified atom stereocenters. The zero-order valence-electron chi connectivity index (χ0n) is 22.6. The van der Waals surface area contributed by atoms with Crippen LogP contribution in [0.5, 0.6) is 11.5 Å². The summed E-state index contributed by atoms with van der Waals surface area (Å²) in [6.07, 6.45) is 3.22. The first-order valence-electron chi connectivity index (χ1n) is 13.9. The van der Waals surface area contributed by atoms with E-state index >= 15 is 0 Å². The van der Waals surface area contributed by atoms with Crippen LogP contribution in [0, 0.1) is 0 Å². The van der Waals surface area contributed by atoms with E-state index in [1.807, 2.05) is 31.2 Å². The minimum Gasteiger partial charge on any atom is -0.508 e. The lowest BCUT2D eigenvalue weighted by molar-refractivity contribution is -0.134. The molecule has 3 aromatic rings. The molecule has 0 bridgehead atoms. The molecule has 2 N–H and O–H groups in total. The Labute approximate surface area is 228 Å². The number of rotatable bonds is 9. The van der Waals surface area contributed by atoms with Gasteiger partial charge in [0.1, 0.15) is 29.7 Å². The highest BCUT2D eigenvalue weighted by Gasteiger charge is 2.61. The summed E-state index contributed by atoms with van der Waals surface area (Å²) in [5.74, 6) is 0.715. The topological polar surface area (TPSA) is 98.3 Å². The van der Waals surface area contributed by atoms with Crippen LogP contribution in [-0.2, 0) is 16.0 Å². The number of phenolic OH excluding ortho intramolecular Hbond substituents is 1. The summed E-state index contributed by atoms with van der Waals surface area (Å²) in [5, 5.41) is 11.4. The number of benzene rings is 2. The Hall–Kier alpha value is -3.56. The lowest BCUT2D eigenvalue weighted by atomic mass is 9.78. The van der Waals surface area contributed by atoms with Crippen LogP contribution in [0.2, 0.25) is 0 Å². The number of fused-ring (bicyclic) bond motifs is 4. The second-order valence-electron chi connectivity index (χ2n) is 10.8. The highest BCUT2D eigenvalue weighted by molar-refractivity contribution is 6.08. The summed E-state index contributed by atoms with van der Waals surface area (Å²) in [5.41, 5.74) is 2.56. The number of ether oxygens (including phenoxy) is 2. The number of phenols is 1. The van der Waals surface area contributed by atoms with Gasteiger partial charge in [-0.25, -0.2) is 4.79 Å². The zero-order chi connectivity index (χ0) is 27.1. The van der Waals surface area contributed by atoms with E-state index in [2.05, 4.69) is 9.88 Å². The molecule has 3 aliphatic rings. The van der Waals surface area contributed by atoms with Gasteiger partial charge < -0.3 is 24.5 Å². The summed E-state index contributed by atoms with van der Waals surface area (Å²) < 4.78 is 11.0. The Kier molecular flexibility index (Phi) is 6.72. The van der Waals surface area contributed by atoms with Gasteiger partial charge in [-0.05, 0) is 73.8 Å². The molecule has 2 aromatic carbocycles. The number of carbonyl (C=O) groups excluding carboxylic acids is 2. The molecule has 0 spiro atoms. The van der Waals surface area contributed by atoms with Crippen molar-refractivity contribution in [1.82, 2.24) is 19.7 Å². The third kappa shape index (κ3) is 4.24. The van der Waals surface area contributed by atoms with Crippen LogP contribution in [0.15, 0.2) is 42.5 Å². The summed E-state index contributed by atoms with van der Waals surface area (Å²) in [7, 11) is 1.64. The van der Waals surface area contributed by atoms with Crippen molar-refractivity contribution in [2.75, 3.05) is 46.5 Å². The third-order valence-corrected chi connectivity index (χ3v) is 8.62. The minimum atomic E-state index is -1.01. The van der Waals surface area contributed by atoms with Crippen molar-refractivity contribution in [1.29, 1.82) is 0 Å². The van der Waals surface area contributed by atoms with E-state index in [1.54, 1.807) is 30.2 Å². The average Bonchev–Trinajstić information content (AvgIpc) is 3.63. The third-order valence-electron chi connectivity index (χ3n) is 8.62. The molecule has 0 radical (unpaired) electrons. The summed E-state index contributed by atoms with van der Waals surface area (Å²) in [4.78, 5) is 37.5. The number of methoxy groups -OCH3 is 1. The predicted molar refractivity (Wildman–Crippen MR) is 147 cm³/mol. The van der Waals surface area contributed by atoms with Gasteiger partial charge in [0.25, 0.3) is 5.91 Å². The molecule has 9 nitrogen and oxygen atoms in total. The molecular weight excluding hydrogens is 496 g/mol. The number of H-pyrrole nitrogens is 1. The van der Waals surface area contributed by atoms with E-state index < -0.39 is 11.6 Å². The van der Waals surface area contributed by atoms with Gasteiger partial charge in [0.15, 0.2) is 0 Å². The van der Waals surface area contributed by atoms with Crippen molar-refractivity contribution >= 4 is 22.8 Å². The van der Waals surface area contributed by atoms with Gasteiger partial charge in [-0.1, -0.05) is 19.1 Å². The fraction of sp³-hybridized carbons (Fsp3) is 0.467. The average molecular weight is 533 g/mol. The highest BCUT2D eigenvalue weighted by atomic mass is 16.5. The van der Waals surface area contributed by atoms with Crippen molar-refractivity contribution in [3.8, 4) is 11.5 Å². The first kappa shape index (κ1) is 25.7. The second-order valence-corrected chi connectivity index (χ2v) is 10.8. The van der Waals surface area contributed by atoms with E-state index in [9.17, 15) is 14.7 Å². The van der Waals surface area contributed by atoms with Crippen molar-refractivity contribution in [3.05, 3.63) is 59.3 Å². The van der Waals surface area contributed by atoms with Crippen LogP contribution in [0.3, 0.4) is 0 Å². The molecule has 3 amide bonds. The van der Waals surface area contributed by atoms with Gasteiger partial charge in [0.05, 0.1) is 6.61 Å². The van der Waals surface area contributed by atoms with E-state index in [4.69, 9.17) is 9.47 Å². The Morgan fingerprint density at radius 2 is 1.90 bits per heavy atom. The molecule has 0 saturated carbocycles. The number of imide groups is 1. The van der Waals surface area contributed by atoms with Gasteiger partial charge in [0, 0.05) is 43.2 Å². The van der Waals surface area contributed by atoms with Crippen molar-refractivity contribution in [2.45, 2.75) is 44.2 Å². The Morgan fingerprint density at radius 1 is 1.08 bits per heavy atom. The molecule has 4 heterocycles. The maximum absolute atomic E-state index is 14.2. The Morgan fingerprint density at radius 3 is 2.64 bits per heavy atom. The summed E-state index contributed by atoms with van der Waals surface area (Å²) in [6.45, 7) is 6.01. The van der Waals surface area contributed by atoms with E-state index in [1.165, 1.54) is 4.90 Å². The van der Waals surface area contributed by atoms with Gasteiger partial charge in [-0.3, -0.25) is 14.6 Å². The number of urea groups is 1. The highest BCUT2D eigenvalue weighted by Crippen LogP contribution is 2.50. The number of hydrogen-bond donors (Lipinski definition) is 2. The van der Waals surface area contributed by atoms with E-state index in [0.29, 0.717) is 39.1 Å². The van der Waals surface area contributed by atoms with Crippen molar-refractivity contribution in [2.24, 2.45) is 0 Å². The van der Waals surface area contributed by atoms with E-state index in [0.717, 1.165) is 59.4 Å². The fourth-order valence-electron chi connectivity index (χ4n) is 6.60. The van der Waals surface area contributed by atoms with Crippen molar-refractivity contribution < 1.29 is 24.2 Å². The monoisotopic (exact) mass is 532 g/mol. The Bertz CT molecular complexity index is 1400. The molecule has 3 aliphatic heterocycles. The number of likely N-dealkylation sites (tertiary alicyclic amines) is 1. The number of aromatic amines is 1. The molecule has 9 heteroatoms. The minimum absolute atomic E-state index is 0.121. The lowest BCUT2D eigenvalue weighted by Crippen LogP contribution is -2.55. The molecule has 2 atom stereocenters. The quantitative estimate of drug-likeness (QED) is 0.319. The van der Waals surface area contributed by atoms with Crippen molar-refractivity contribution in [3.63, 3.8) is 0 Å². The molecule has 206 valence electrons. The van der Waals surface area contributed by atoms with Crippen LogP contribution in [0.4, 0.5) is 4.79 Å². The van der Waals surface area contributed by atoms with Gasteiger partial charge in [0.2, 0.25) is 0 Å². The first-order valence-corrected chi connectivity index (χ1v) is 13.9. The Balaban J connectivity index is 1.45. The van der Waals surface area contributed by atoms with Gasteiger partial charge >= 0.3 is 6.03 Å². The van der Waals surface area contributed by atoms with Crippen LogP contribution < -0.4 is 4.74 Å². The standard InChI is InChI=1S/C30H36N4O5/c1-3-30-19-24-23-18-22(39-16-15-38-2)9-10-25(23)31-26(24)27(20-7-6-8-21(35)17-20)34(30)29(37)33(28(30)36)14-13-32-11-4-5-12-32/h6-10,17-18,27,31,35H,3-5,11-16,19H2,1-2H3. The number of amides is 3. The molecule has 39 heavy (non-hydrogen) atoms. The SMILES string of the molecule is CCC12Cc3c([nH]c4ccc(OCCOC)cc34)C(c3cccc(O)c3)N1C(=O)N(CCN1CCCC1)C2=O. The number of nitrogens with zero attached hydrogens (tertiary/aromatic N) is 3. The largest absolute Gasteiger partial charge is 0.508 e. The molecule has 0 aliphatic carbocycles. The molecule has 6 rings (SSSR count). The molecule has 1 aromatic heterocycles. The maximum atomic E-state index is 14.2. The lowest BCUT2D eigenvalue weighted by Gasteiger charge is -2.44. The maximum Gasteiger partial charge on any atom is 0.328 e. The smallest absolute Gasteiger partial charge is 0.328 e. The molecular formula is C30H36N4O5. The second kappa shape index (κ2) is 10.2. The number of carbonyl (C=O) groups is 2. The fourth-order valence-corrected chi connectivity index (χ4v) is 6.60. The van der Waals surface area contributed by atoms with Gasteiger partial charge in [-0.15, -0.1) is 0 Å². The number of aromatic hydroxyl groups is 1. The van der Waals surface area contributed by atoms with Crippen LogP contribution in [0.25, 0.3) is 10.9 Å². The van der Waals surface area contributed by atoms with Crippen LogP contribution in [0.1, 0.15) is 49.0 Å². The van der Waals surface area contributed by atoms with Crippen LogP contribution >= 0.6 is 0 Å². The first-order chi connectivity index (χ1) is 19.0. The number of aromatic nitrogens is 1. The summed E-state index contributed by atoms with van der Waals surface area (Å²) in [6, 6.07) is 12.1. The van der Waals surface area contributed by atoms with E-state index in [-0.39, 0.29) is 17.7 Å². The molecule has 2 saturated heterocycles. The normalized spacial score (nSPS) is 23.1.